The fourth-order valence-electron chi connectivity index (χ4n) is 1.73. The highest BCUT2D eigenvalue weighted by Gasteiger charge is 2.20. The Hall–Kier alpha value is -1.49. The average molecular weight is 338 g/mol. The molecular weight excluding hydrogens is 321 g/mol. The quantitative estimate of drug-likeness (QED) is 0.758. The molecule has 0 aliphatic carbocycles. The summed E-state index contributed by atoms with van der Waals surface area (Å²) >= 11 is 3.41. The largest absolute Gasteiger partial charge is 0.329 e. The standard InChI is InChI=1S/C15H17BrFN3/c1-15(2,3)14-18-12(16)9-13(19-14)20(4)11-7-5-6-10(17)8-11/h5-9H,1-4H3. The van der Waals surface area contributed by atoms with Crippen LogP contribution in [0.25, 0.3) is 0 Å². The maximum atomic E-state index is 13.3. The predicted octanol–water partition coefficient (Wildman–Crippen LogP) is 4.44. The summed E-state index contributed by atoms with van der Waals surface area (Å²) in [6.07, 6.45) is 0. The summed E-state index contributed by atoms with van der Waals surface area (Å²) in [5.41, 5.74) is 0.594. The molecule has 1 aromatic carbocycles. The van der Waals surface area contributed by atoms with Crippen LogP contribution in [0, 0.1) is 5.82 Å². The van der Waals surface area contributed by atoms with Gasteiger partial charge in [-0.05, 0) is 34.1 Å². The maximum absolute atomic E-state index is 13.3. The van der Waals surface area contributed by atoms with Crippen molar-refractivity contribution in [3.8, 4) is 0 Å². The molecule has 0 atom stereocenters. The third-order valence-electron chi connectivity index (χ3n) is 2.89. The van der Waals surface area contributed by atoms with Crippen LogP contribution in [0.15, 0.2) is 34.9 Å². The topological polar surface area (TPSA) is 29.0 Å². The summed E-state index contributed by atoms with van der Waals surface area (Å²) in [6, 6.07) is 8.25. The molecule has 5 heteroatoms. The zero-order chi connectivity index (χ0) is 14.9. The number of hydrogen-bond acceptors (Lipinski definition) is 3. The van der Waals surface area contributed by atoms with Crippen LogP contribution in [0.5, 0.6) is 0 Å². The lowest BCUT2D eigenvalue weighted by molar-refractivity contribution is 0.543. The summed E-state index contributed by atoms with van der Waals surface area (Å²) in [5.74, 6) is 1.20. The first-order chi connectivity index (χ1) is 9.27. The van der Waals surface area contributed by atoms with Crippen LogP contribution in [-0.4, -0.2) is 17.0 Å². The molecule has 0 saturated carbocycles. The number of anilines is 2. The molecule has 2 rings (SSSR count). The van der Waals surface area contributed by atoms with Crippen molar-refractivity contribution in [2.24, 2.45) is 0 Å². The van der Waals surface area contributed by atoms with Gasteiger partial charge in [0.1, 0.15) is 22.1 Å². The second kappa shape index (κ2) is 5.48. The highest BCUT2D eigenvalue weighted by Crippen LogP contribution is 2.27. The lowest BCUT2D eigenvalue weighted by Gasteiger charge is -2.22. The fourth-order valence-corrected chi connectivity index (χ4v) is 2.10. The lowest BCUT2D eigenvalue weighted by atomic mass is 9.96. The van der Waals surface area contributed by atoms with E-state index in [0.717, 1.165) is 21.9 Å². The number of hydrogen-bond donors (Lipinski definition) is 0. The molecule has 106 valence electrons. The van der Waals surface area contributed by atoms with E-state index in [9.17, 15) is 4.39 Å². The van der Waals surface area contributed by atoms with Gasteiger partial charge in [0.25, 0.3) is 0 Å². The fraction of sp³-hybridized carbons (Fsp3) is 0.333. The van der Waals surface area contributed by atoms with Crippen molar-refractivity contribution in [2.45, 2.75) is 26.2 Å². The molecule has 0 aliphatic heterocycles. The molecule has 0 bridgehead atoms. The van der Waals surface area contributed by atoms with Gasteiger partial charge in [-0.25, -0.2) is 14.4 Å². The Morgan fingerprint density at radius 2 is 1.85 bits per heavy atom. The average Bonchev–Trinajstić information content (AvgIpc) is 2.36. The summed E-state index contributed by atoms with van der Waals surface area (Å²) < 4.78 is 14.0. The van der Waals surface area contributed by atoms with Gasteiger partial charge >= 0.3 is 0 Å². The van der Waals surface area contributed by atoms with Crippen LogP contribution >= 0.6 is 15.9 Å². The van der Waals surface area contributed by atoms with Crippen molar-refractivity contribution in [2.75, 3.05) is 11.9 Å². The Labute approximate surface area is 127 Å². The van der Waals surface area contributed by atoms with E-state index in [0.29, 0.717) is 0 Å². The number of rotatable bonds is 2. The SMILES string of the molecule is CN(c1cccc(F)c1)c1cc(Br)nc(C(C)(C)C)n1. The van der Waals surface area contributed by atoms with E-state index in [1.807, 2.05) is 24.1 Å². The van der Waals surface area contributed by atoms with Crippen LogP contribution in [0.3, 0.4) is 0 Å². The Bertz CT molecular complexity index is 623. The van der Waals surface area contributed by atoms with Gasteiger partial charge in [-0.15, -0.1) is 0 Å². The first-order valence-corrected chi connectivity index (χ1v) is 7.11. The van der Waals surface area contributed by atoms with E-state index in [1.54, 1.807) is 6.07 Å². The molecule has 0 amide bonds. The van der Waals surface area contributed by atoms with Crippen molar-refractivity contribution in [1.29, 1.82) is 0 Å². The van der Waals surface area contributed by atoms with E-state index in [2.05, 4.69) is 46.7 Å². The lowest BCUT2D eigenvalue weighted by Crippen LogP contribution is -2.19. The highest BCUT2D eigenvalue weighted by molar-refractivity contribution is 9.10. The molecule has 0 saturated heterocycles. The van der Waals surface area contributed by atoms with Crippen LogP contribution in [0.4, 0.5) is 15.9 Å². The molecule has 0 radical (unpaired) electrons. The minimum Gasteiger partial charge on any atom is -0.329 e. The minimum absolute atomic E-state index is 0.151. The third kappa shape index (κ3) is 3.33. The Morgan fingerprint density at radius 1 is 1.15 bits per heavy atom. The monoisotopic (exact) mass is 337 g/mol. The van der Waals surface area contributed by atoms with E-state index in [1.165, 1.54) is 12.1 Å². The van der Waals surface area contributed by atoms with Crippen LogP contribution in [-0.2, 0) is 5.41 Å². The predicted molar refractivity (Wildman–Crippen MR) is 82.9 cm³/mol. The zero-order valence-corrected chi connectivity index (χ0v) is 13.6. The van der Waals surface area contributed by atoms with Crippen molar-refractivity contribution >= 4 is 27.4 Å². The molecule has 0 spiro atoms. The van der Waals surface area contributed by atoms with Crippen molar-refractivity contribution in [1.82, 2.24) is 9.97 Å². The van der Waals surface area contributed by atoms with E-state index < -0.39 is 0 Å². The molecule has 1 heterocycles. The number of benzene rings is 1. The van der Waals surface area contributed by atoms with E-state index >= 15 is 0 Å². The first-order valence-electron chi connectivity index (χ1n) is 6.32. The Morgan fingerprint density at radius 3 is 2.45 bits per heavy atom. The third-order valence-corrected chi connectivity index (χ3v) is 3.30. The van der Waals surface area contributed by atoms with Crippen LogP contribution in [0.2, 0.25) is 0 Å². The molecule has 3 nitrogen and oxygen atoms in total. The maximum Gasteiger partial charge on any atom is 0.137 e. The summed E-state index contributed by atoms with van der Waals surface area (Å²) in [6.45, 7) is 6.17. The molecule has 0 N–H and O–H groups in total. The minimum atomic E-state index is -0.265. The second-order valence-corrected chi connectivity index (χ2v) is 6.47. The molecule has 1 aromatic heterocycles. The van der Waals surface area contributed by atoms with Crippen LogP contribution in [0.1, 0.15) is 26.6 Å². The van der Waals surface area contributed by atoms with Gasteiger partial charge in [0.2, 0.25) is 0 Å². The van der Waals surface area contributed by atoms with Gasteiger partial charge in [0, 0.05) is 24.2 Å². The Balaban J connectivity index is 2.45. The molecule has 0 aliphatic rings. The highest BCUT2D eigenvalue weighted by atomic mass is 79.9. The van der Waals surface area contributed by atoms with Crippen molar-refractivity contribution in [3.05, 3.63) is 46.6 Å². The summed E-state index contributed by atoms with van der Waals surface area (Å²) in [5, 5.41) is 0. The molecular formula is C15H17BrFN3. The summed E-state index contributed by atoms with van der Waals surface area (Å²) in [4.78, 5) is 10.8. The number of nitrogens with zero attached hydrogens (tertiary/aromatic N) is 3. The first kappa shape index (κ1) is 14.9. The van der Waals surface area contributed by atoms with E-state index in [-0.39, 0.29) is 11.2 Å². The molecule has 0 unspecified atom stereocenters. The van der Waals surface area contributed by atoms with Crippen molar-refractivity contribution in [3.63, 3.8) is 0 Å². The van der Waals surface area contributed by atoms with Crippen LogP contribution < -0.4 is 4.90 Å². The number of aromatic nitrogens is 2. The smallest absolute Gasteiger partial charge is 0.137 e. The van der Waals surface area contributed by atoms with Gasteiger partial charge in [-0.2, -0.15) is 0 Å². The van der Waals surface area contributed by atoms with Gasteiger partial charge in [-0.3, -0.25) is 0 Å². The number of halogens is 2. The summed E-state index contributed by atoms with van der Waals surface area (Å²) in [7, 11) is 1.86. The molecule has 2 aromatic rings. The van der Waals surface area contributed by atoms with Gasteiger partial charge in [0.15, 0.2) is 0 Å². The van der Waals surface area contributed by atoms with Gasteiger partial charge in [-0.1, -0.05) is 26.8 Å². The molecule has 20 heavy (non-hydrogen) atoms. The van der Waals surface area contributed by atoms with Gasteiger partial charge < -0.3 is 4.90 Å². The normalized spacial score (nSPS) is 11.5. The Kier molecular flexibility index (Phi) is 4.09. The zero-order valence-electron chi connectivity index (χ0n) is 12.0. The van der Waals surface area contributed by atoms with E-state index in [4.69, 9.17) is 0 Å². The van der Waals surface area contributed by atoms with Gasteiger partial charge in [0.05, 0.1) is 0 Å². The molecule has 0 fully saturated rings. The van der Waals surface area contributed by atoms with Crippen molar-refractivity contribution < 1.29 is 4.39 Å². The second-order valence-electron chi connectivity index (χ2n) is 5.66.